The number of hydrogen-bond acceptors (Lipinski definition) is 5. The zero-order valence-electron chi connectivity index (χ0n) is 14.2. The maximum absolute atomic E-state index is 14.4. The molecule has 1 N–H and O–H groups in total. The van der Waals surface area contributed by atoms with Crippen molar-refractivity contribution in [3.63, 3.8) is 0 Å². The zero-order valence-corrected chi connectivity index (χ0v) is 14.2. The number of rotatable bonds is 3. The van der Waals surface area contributed by atoms with Gasteiger partial charge in [-0.3, -0.25) is 10.1 Å². The number of methoxy groups -OCH3 is 1. The van der Waals surface area contributed by atoms with Crippen LogP contribution in [0.5, 0.6) is 0 Å². The molecule has 1 aromatic carbocycles. The Balaban J connectivity index is 2.12. The number of nitrogens with one attached hydrogen (secondary N) is 1. The van der Waals surface area contributed by atoms with Crippen LogP contribution in [0.15, 0.2) is 18.2 Å². The lowest BCUT2D eigenvalue weighted by molar-refractivity contribution is -0.145. The van der Waals surface area contributed by atoms with Crippen molar-refractivity contribution in [1.82, 2.24) is 0 Å². The predicted molar refractivity (Wildman–Crippen MR) is 85.3 cm³/mol. The summed E-state index contributed by atoms with van der Waals surface area (Å²) in [5.74, 6) is -1.89. The number of anilines is 1. The van der Waals surface area contributed by atoms with Crippen LogP contribution in [0.4, 0.5) is 14.9 Å². The molecule has 1 saturated heterocycles. The van der Waals surface area contributed by atoms with Gasteiger partial charge in [0, 0.05) is 11.6 Å². The molecule has 0 aliphatic carbocycles. The highest BCUT2D eigenvalue weighted by atomic mass is 19.1. The zero-order chi connectivity index (χ0) is 17.9. The van der Waals surface area contributed by atoms with Crippen molar-refractivity contribution in [2.24, 2.45) is 5.92 Å². The lowest BCUT2D eigenvalue weighted by Gasteiger charge is -2.20. The van der Waals surface area contributed by atoms with Gasteiger partial charge in [0.05, 0.1) is 26.2 Å². The van der Waals surface area contributed by atoms with Gasteiger partial charge in [0.2, 0.25) is 0 Å². The largest absolute Gasteiger partial charge is 0.469 e. The third kappa shape index (κ3) is 4.44. The molecule has 0 radical (unpaired) electrons. The molecule has 2 unspecified atom stereocenters. The quantitative estimate of drug-likeness (QED) is 0.857. The average molecular weight is 339 g/mol. The predicted octanol–water partition coefficient (Wildman–Crippen LogP) is 3.08. The minimum Gasteiger partial charge on any atom is -0.469 e. The Hall–Kier alpha value is -2.15. The van der Waals surface area contributed by atoms with Gasteiger partial charge in [-0.15, -0.1) is 0 Å². The molecule has 6 nitrogen and oxygen atoms in total. The first-order valence-corrected chi connectivity index (χ1v) is 7.66. The average Bonchev–Trinajstić information content (AvgIpc) is 2.93. The summed E-state index contributed by atoms with van der Waals surface area (Å²) in [4.78, 5) is 23.5. The first kappa shape index (κ1) is 18.2. The number of carbonyl (C=O) groups excluding carboxylic acids is 2. The molecule has 1 fully saturated rings. The second-order valence-electron chi connectivity index (χ2n) is 6.64. The third-order valence-corrected chi connectivity index (χ3v) is 3.63. The molecule has 1 aliphatic heterocycles. The summed E-state index contributed by atoms with van der Waals surface area (Å²) >= 11 is 0. The minimum absolute atomic E-state index is 0.203. The number of benzene rings is 1. The molecule has 0 saturated carbocycles. The van der Waals surface area contributed by atoms with E-state index >= 15 is 0 Å². The summed E-state index contributed by atoms with van der Waals surface area (Å²) in [6.07, 6.45) is -0.661. The summed E-state index contributed by atoms with van der Waals surface area (Å²) in [5.41, 5.74) is -0.00557. The molecule has 1 aromatic rings. The fourth-order valence-electron chi connectivity index (χ4n) is 2.57. The van der Waals surface area contributed by atoms with Crippen molar-refractivity contribution in [2.45, 2.75) is 32.3 Å². The molecule has 7 heteroatoms. The molecular weight excluding hydrogens is 317 g/mol. The summed E-state index contributed by atoms with van der Waals surface area (Å²) in [7, 11) is 1.29. The van der Waals surface area contributed by atoms with Crippen LogP contribution in [-0.2, 0) is 19.0 Å². The summed E-state index contributed by atoms with van der Waals surface area (Å²) in [6.45, 7) is 5.67. The molecule has 0 bridgehead atoms. The number of hydrogen-bond donors (Lipinski definition) is 1. The normalized spacial score (nSPS) is 20.5. The van der Waals surface area contributed by atoms with Gasteiger partial charge in [-0.25, -0.2) is 9.18 Å². The number of esters is 1. The lowest BCUT2D eigenvalue weighted by atomic mass is 9.88. The molecule has 2 atom stereocenters. The maximum Gasteiger partial charge on any atom is 0.412 e. The first-order chi connectivity index (χ1) is 11.2. The van der Waals surface area contributed by atoms with Crippen LogP contribution in [0.1, 0.15) is 32.3 Å². The summed E-state index contributed by atoms with van der Waals surface area (Å²) < 4.78 is 29.6. The van der Waals surface area contributed by atoms with Crippen LogP contribution in [0.25, 0.3) is 0 Å². The van der Waals surface area contributed by atoms with Gasteiger partial charge in [0.25, 0.3) is 0 Å². The Morgan fingerprint density at radius 2 is 2.00 bits per heavy atom. The molecule has 0 aromatic heterocycles. The fourth-order valence-corrected chi connectivity index (χ4v) is 2.57. The highest BCUT2D eigenvalue weighted by Gasteiger charge is 2.37. The van der Waals surface area contributed by atoms with Crippen molar-refractivity contribution in [1.29, 1.82) is 0 Å². The van der Waals surface area contributed by atoms with E-state index in [0.29, 0.717) is 5.56 Å². The summed E-state index contributed by atoms with van der Waals surface area (Å²) in [6, 6.07) is 4.30. The molecular formula is C17H22FNO5. The Morgan fingerprint density at radius 3 is 2.58 bits per heavy atom. The Labute approximate surface area is 140 Å². The van der Waals surface area contributed by atoms with Crippen molar-refractivity contribution in [3.8, 4) is 0 Å². The van der Waals surface area contributed by atoms with E-state index in [1.54, 1.807) is 26.8 Å². The minimum atomic E-state index is -0.661. The van der Waals surface area contributed by atoms with E-state index in [-0.39, 0.29) is 18.9 Å². The smallest absolute Gasteiger partial charge is 0.412 e. The number of halogens is 1. The Kier molecular flexibility index (Phi) is 5.43. The van der Waals surface area contributed by atoms with E-state index in [0.717, 1.165) is 0 Å². The van der Waals surface area contributed by atoms with Crippen LogP contribution in [-0.4, -0.2) is 38.0 Å². The van der Waals surface area contributed by atoms with Crippen molar-refractivity contribution >= 4 is 17.7 Å². The van der Waals surface area contributed by atoms with E-state index in [2.05, 4.69) is 5.32 Å². The van der Waals surface area contributed by atoms with Crippen LogP contribution in [0, 0.1) is 11.7 Å². The van der Waals surface area contributed by atoms with E-state index in [4.69, 9.17) is 14.2 Å². The lowest BCUT2D eigenvalue weighted by Crippen LogP contribution is -2.27. The van der Waals surface area contributed by atoms with E-state index in [1.807, 2.05) is 0 Å². The van der Waals surface area contributed by atoms with Crippen LogP contribution in [0.2, 0.25) is 0 Å². The topological polar surface area (TPSA) is 73.9 Å². The van der Waals surface area contributed by atoms with Gasteiger partial charge in [0.15, 0.2) is 0 Å². The van der Waals surface area contributed by atoms with Crippen LogP contribution >= 0.6 is 0 Å². The molecule has 0 spiro atoms. The Bertz CT molecular complexity index is 626. The second-order valence-corrected chi connectivity index (χ2v) is 6.64. The van der Waals surface area contributed by atoms with Gasteiger partial charge in [-0.2, -0.15) is 0 Å². The second kappa shape index (κ2) is 7.17. The molecule has 2 rings (SSSR count). The van der Waals surface area contributed by atoms with Gasteiger partial charge in [-0.1, -0.05) is 6.07 Å². The number of ether oxygens (including phenoxy) is 3. The number of amides is 1. The molecule has 1 aliphatic rings. The number of carbonyl (C=O) groups is 2. The third-order valence-electron chi connectivity index (χ3n) is 3.63. The van der Waals surface area contributed by atoms with Crippen LogP contribution in [0.3, 0.4) is 0 Å². The first-order valence-electron chi connectivity index (χ1n) is 7.66. The van der Waals surface area contributed by atoms with E-state index in [9.17, 15) is 14.0 Å². The molecule has 132 valence electrons. The van der Waals surface area contributed by atoms with Gasteiger partial charge >= 0.3 is 12.1 Å². The molecule has 1 amide bonds. The van der Waals surface area contributed by atoms with Gasteiger partial charge in [0.1, 0.15) is 11.4 Å². The van der Waals surface area contributed by atoms with E-state index in [1.165, 1.54) is 19.2 Å². The Morgan fingerprint density at radius 1 is 1.29 bits per heavy atom. The van der Waals surface area contributed by atoms with Crippen LogP contribution < -0.4 is 5.32 Å². The van der Waals surface area contributed by atoms with Gasteiger partial charge < -0.3 is 14.2 Å². The van der Waals surface area contributed by atoms with E-state index < -0.39 is 35.3 Å². The maximum atomic E-state index is 14.4. The molecule has 1 heterocycles. The highest BCUT2D eigenvalue weighted by molar-refractivity contribution is 5.85. The van der Waals surface area contributed by atoms with Crippen molar-refractivity contribution in [3.05, 3.63) is 29.6 Å². The SMILES string of the molecule is COC(=O)C1COCC1c1ccc(NC(=O)OC(C)(C)C)cc1F. The standard InChI is InChI=1S/C17H22FNO5/c1-17(2,3)24-16(21)19-10-5-6-11(14(18)7-10)12-8-23-9-13(12)15(20)22-4/h5-7,12-13H,8-9H2,1-4H3,(H,19,21). The van der Waals surface area contributed by atoms with Gasteiger partial charge in [-0.05, 0) is 38.5 Å². The monoisotopic (exact) mass is 339 g/mol. The summed E-state index contributed by atoms with van der Waals surface area (Å²) in [5, 5.41) is 2.48. The van der Waals surface area contributed by atoms with Crippen molar-refractivity contribution in [2.75, 3.05) is 25.6 Å². The van der Waals surface area contributed by atoms with Crippen molar-refractivity contribution < 1.29 is 28.2 Å². The fraction of sp³-hybridized carbons (Fsp3) is 0.529. The molecule has 24 heavy (non-hydrogen) atoms. The highest BCUT2D eigenvalue weighted by Crippen LogP contribution is 2.34.